The van der Waals surface area contributed by atoms with Crippen molar-refractivity contribution in [2.75, 3.05) is 23.8 Å². The number of nitrogens with zero attached hydrogens (tertiary/aromatic N) is 2. The highest BCUT2D eigenvalue weighted by Gasteiger charge is 2.22. The molecule has 1 aromatic heterocycles. The summed E-state index contributed by atoms with van der Waals surface area (Å²) in [6.07, 6.45) is 3.86. The monoisotopic (exact) mass is 496 g/mol. The van der Waals surface area contributed by atoms with Gasteiger partial charge < -0.3 is 20.1 Å². The molecule has 0 atom stereocenters. The maximum Gasteiger partial charge on any atom is 0.266 e. The van der Waals surface area contributed by atoms with E-state index in [1.807, 2.05) is 13.0 Å². The Morgan fingerprint density at radius 2 is 2.06 bits per heavy atom. The predicted molar refractivity (Wildman–Crippen MR) is 134 cm³/mol. The quantitative estimate of drug-likeness (QED) is 0.333. The van der Waals surface area contributed by atoms with Crippen LogP contribution in [-0.4, -0.2) is 24.1 Å². The van der Waals surface area contributed by atoms with Crippen LogP contribution in [0.25, 0.3) is 10.9 Å². The van der Waals surface area contributed by atoms with Crippen LogP contribution in [0.5, 0.6) is 11.5 Å². The van der Waals surface area contributed by atoms with Gasteiger partial charge in [-0.15, -0.1) is 0 Å². The molecule has 0 radical (unpaired) electrons. The average Bonchev–Trinajstić information content (AvgIpc) is 3.64. The third-order valence-electron chi connectivity index (χ3n) is 5.26. The second-order valence-electron chi connectivity index (χ2n) is 7.84. The summed E-state index contributed by atoms with van der Waals surface area (Å²) in [5, 5.41) is 16.6. The molecule has 0 bridgehead atoms. The lowest BCUT2D eigenvalue weighted by atomic mass is 10.1. The number of hydrogen-bond acceptors (Lipinski definition) is 6. The summed E-state index contributed by atoms with van der Waals surface area (Å²) in [6, 6.07) is 10.9. The fraction of sp³-hybridized carbons (Fsp3) is 0.240. The zero-order chi connectivity index (χ0) is 24.2. The van der Waals surface area contributed by atoms with Gasteiger partial charge in [-0.25, -0.2) is 0 Å². The molecule has 1 aliphatic carbocycles. The van der Waals surface area contributed by atoms with Crippen LogP contribution in [0.4, 0.5) is 17.1 Å². The lowest BCUT2D eigenvalue weighted by Gasteiger charge is -2.16. The second kappa shape index (κ2) is 10.2. The fourth-order valence-corrected chi connectivity index (χ4v) is 3.62. The Labute approximate surface area is 207 Å². The van der Waals surface area contributed by atoms with Gasteiger partial charge in [0.1, 0.15) is 17.6 Å². The number of halogens is 2. The first-order valence-electron chi connectivity index (χ1n) is 10.7. The number of ether oxygens (including phenoxy) is 2. The van der Waals surface area contributed by atoms with E-state index in [2.05, 4.69) is 28.3 Å². The summed E-state index contributed by atoms with van der Waals surface area (Å²) in [4.78, 5) is 16.6. The van der Waals surface area contributed by atoms with Crippen molar-refractivity contribution in [1.29, 1.82) is 5.26 Å². The van der Waals surface area contributed by atoms with E-state index in [0.717, 1.165) is 0 Å². The Bertz CT molecular complexity index is 1320. The maximum atomic E-state index is 12.2. The van der Waals surface area contributed by atoms with Gasteiger partial charge in [0, 0.05) is 23.3 Å². The number of carbonyl (C=O) groups is 1. The third kappa shape index (κ3) is 5.36. The van der Waals surface area contributed by atoms with Crippen LogP contribution in [0.1, 0.15) is 25.3 Å². The van der Waals surface area contributed by atoms with Gasteiger partial charge >= 0.3 is 0 Å². The van der Waals surface area contributed by atoms with Crippen molar-refractivity contribution in [2.24, 2.45) is 5.92 Å². The largest absolute Gasteiger partial charge is 0.492 e. The van der Waals surface area contributed by atoms with Crippen LogP contribution >= 0.6 is 23.2 Å². The van der Waals surface area contributed by atoms with Gasteiger partial charge in [0.2, 0.25) is 0 Å². The number of benzene rings is 2. The Hall–Kier alpha value is -3.47. The van der Waals surface area contributed by atoms with Crippen molar-refractivity contribution in [3.8, 4) is 17.6 Å². The number of carbonyl (C=O) groups excluding carboxylic acids is 1. The SMILES string of the molecule is C=C(Cl)C(=O)Nc1cc2c(Nc3ccc(OCC4CC4)c(Cl)c3)c(C#N)cnc2cc1OCC. The summed E-state index contributed by atoms with van der Waals surface area (Å²) in [6.45, 7) is 6.32. The van der Waals surface area contributed by atoms with Crippen LogP contribution in [0.15, 0.2) is 48.1 Å². The number of nitriles is 1. The van der Waals surface area contributed by atoms with E-state index >= 15 is 0 Å². The smallest absolute Gasteiger partial charge is 0.266 e. The predicted octanol–water partition coefficient (Wildman–Crippen LogP) is 6.38. The summed E-state index contributed by atoms with van der Waals surface area (Å²) in [7, 11) is 0. The van der Waals surface area contributed by atoms with Gasteiger partial charge in [-0.2, -0.15) is 5.26 Å². The Kier molecular flexibility index (Phi) is 7.11. The zero-order valence-corrected chi connectivity index (χ0v) is 20.0. The third-order valence-corrected chi connectivity index (χ3v) is 5.72. The Morgan fingerprint density at radius 1 is 1.26 bits per heavy atom. The van der Waals surface area contributed by atoms with Crippen molar-refractivity contribution in [3.63, 3.8) is 0 Å². The first-order chi connectivity index (χ1) is 16.4. The summed E-state index contributed by atoms with van der Waals surface area (Å²) in [5.41, 5.74) is 2.45. The van der Waals surface area contributed by atoms with Crippen LogP contribution in [0.2, 0.25) is 5.02 Å². The number of rotatable bonds is 9. The first-order valence-corrected chi connectivity index (χ1v) is 11.5. The van der Waals surface area contributed by atoms with Crippen molar-refractivity contribution >= 4 is 57.1 Å². The molecule has 2 N–H and O–H groups in total. The van der Waals surface area contributed by atoms with E-state index in [0.29, 0.717) is 69.2 Å². The van der Waals surface area contributed by atoms with E-state index < -0.39 is 5.91 Å². The summed E-state index contributed by atoms with van der Waals surface area (Å²) < 4.78 is 11.5. The lowest BCUT2D eigenvalue weighted by molar-refractivity contribution is -0.112. The van der Waals surface area contributed by atoms with E-state index in [4.69, 9.17) is 32.7 Å². The minimum atomic E-state index is -0.561. The fourth-order valence-electron chi connectivity index (χ4n) is 3.33. The Balaban J connectivity index is 1.73. The molecule has 1 fully saturated rings. The van der Waals surface area contributed by atoms with Crippen molar-refractivity contribution in [2.45, 2.75) is 19.8 Å². The zero-order valence-electron chi connectivity index (χ0n) is 18.5. The van der Waals surface area contributed by atoms with E-state index in [9.17, 15) is 10.1 Å². The standard InChI is InChI=1S/C25H22Cl2N4O3/c1-3-33-23-10-20-18(9-21(23)31-25(32)14(2)26)24(16(11-28)12-29-20)30-17-6-7-22(19(27)8-17)34-13-15-4-5-15/h6-10,12,15H,2-5,13H2,1H3,(H,29,30)(H,31,32). The van der Waals surface area contributed by atoms with Crippen LogP contribution in [0.3, 0.4) is 0 Å². The summed E-state index contributed by atoms with van der Waals surface area (Å²) in [5.74, 6) is 1.09. The maximum absolute atomic E-state index is 12.2. The molecule has 1 saturated carbocycles. The van der Waals surface area contributed by atoms with Crippen molar-refractivity contribution < 1.29 is 14.3 Å². The molecular formula is C25H22Cl2N4O3. The average molecular weight is 497 g/mol. The molecule has 0 aliphatic heterocycles. The normalized spacial score (nSPS) is 12.6. The molecule has 3 aromatic rings. The number of aromatic nitrogens is 1. The lowest BCUT2D eigenvalue weighted by Crippen LogP contribution is -2.12. The topological polar surface area (TPSA) is 96.3 Å². The molecule has 7 nitrogen and oxygen atoms in total. The number of nitrogens with one attached hydrogen (secondary N) is 2. The summed E-state index contributed by atoms with van der Waals surface area (Å²) >= 11 is 12.2. The molecule has 0 unspecified atom stereocenters. The molecule has 2 aromatic carbocycles. The van der Waals surface area contributed by atoms with Gasteiger partial charge in [0.05, 0.1) is 45.7 Å². The molecule has 9 heteroatoms. The number of amides is 1. The highest BCUT2D eigenvalue weighted by molar-refractivity contribution is 6.43. The van der Waals surface area contributed by atoms with Gasteiger partial charge in [0.15, 0.2) is 0 Å². The molecule has 1 amide bonds. The molecule has 0 saturated heterocycles. The van der Waals surface area contributed by atoms with E-state index in [1.54, 1.807) is 24.3 Å². The van der Waals surface area contributed by atoms with Gasteiger partial charge in [-0.05, 0) is 49.9 Å². The van der Waals surface area contributed by atoms with Crippen molar-refractivity contribution in [3.05, 3.63) is 58.7 Å². The molecule has 4 rings (SSSR count). The number of anilines is 3. The highest BCUT2D eigenvalue weighted by atomic mass is 35.5. The van der Waals surface area contributed by atoms with Crippen LogP contribution in [-0.2, 0) is 4.79 Å². The molecule has 1 aliphatic rings. The molecular weight excluding hydrogens is 475 g/mol. The van der Waals surface area contributed by atoms with Gasteiger partial charge in [-0.3, -0.25) is 9.78 Å². The Morgan fingerprint density at radius 3 is 2.71 bits per heavy atom. The number of fused-ring (bicyclic) bond motifs is 1. The molecule has 34 heavy (non-hydrogen) atoms. The minimum Gasteiger partial charge on any atom is -0.492 e. The highest BCUT2D eigenvalue weighted by Crippen LogP contribution is 2.38. The van der Waals surface area contributed by atoms with Gasteiger partial charge in [-0.1, -0.05) is 29.8 Å². The molecule has 0 spiro atoms. The first kappa shape index (κ1) is 23.7. The number of hydrogen-bond donors (Lipinski definition) is 2. The molecule has 174 valence electrons. The number of pyridine rings is 1. The second-order valence-corrected chi connectivity index (χ2v) is 8.70. The van der Waals surface area contributed by atoms with Crippen LogP contribution < -0.4 is 20.1 Å². The van der Waals surface area contributed by atoms with E-state index in [-0.39, 0.29) is 5.03 Å². The van der Waals surface area contributed by atoms with E-state index in [1.165, 1.54) is 19.0 Å². The minimum absolute atomic E-state index is 0.163. The molecule has 1 heterocycles. The van der Waals surface area contributed by atoms with Crippen molar-refractivity contribution in [1.82, 2.24) is 4.98 Å². The van der Waals surface area contributed by atoms with Crippen LogP contribution in [0, 0.1) is 17.2 Å². The van der Waals surface area contributed by atoms with Gasteiger partial charge in [0.25, 0.3) is 5.91 Å².